The number of benzene rings is 2. The number of nitrogens with two attached hydrogens (primary N) is 1. The molecule has 168 valence electrons. The van der Waals surface area contributed by atoms with E-state index in [4.69, 9.17) is 19.9 Å². The third-order valence-electron chi connectivity index (χ3n) is 4.95. The van der Waals surface area contributed by atoms with Gasteiger partial charge in [-0.25, -0.2) is 4.79 Å². The summed E-state index contributed by atoms with van der Waals surface area (Å²) in [5, 5.41) is 0. The molecule has 2 aromatic rings. The fraction of sp³-hybridized carbons (Fsp3) is 0.292. The molecule has 0 aliphatic carbocycles. The molecule has 8 nitrogen and oxygen atoms in total. The Morgan fingerprint density at radius 2 is 1.78 bits per heavy atom. The summed E-state index contributed by atoms with van der Waals surface area (Å²) in [7, 11) is 1.46. The van der Waals surface area contributed by atoms with E-state index in [0.717, 1.165) is 12.8 Å². The van der Waals surface area contributed by atoms with Crippen LogP contribution in [-0.4, -0.2) is 49.5 Å². The van der Waals surface area contributed by atoms with Gasteiger partial charge in [0.05, 0.1) is 7.11 Å². The van der Waals surface area contributed by atoms with Crippen molar-refractivity contribution in [1.29, 1.82) is 0 Å². The maximum Gasteiger partial charge on any atom is 0.331 e. The molecule has 0 radical (unpaired) electrons. The molecule has 1 unspecified atom stereocenters. The van der Waals surface area contributed by atoms with Crippen molar-refractivity contribution in [3.63, 3.8) is 0 Å². The fourth-order valence-corrected chi connectivity index (χ4v) is 3.37. The summed E-state index contributed by atoms with van der Waals surface area (Å²) in [5.41, 5.74) is 6.37. The van der Waals surface area contributed by atoms with Crippen molar-refractivity contribution in [3.05, 3.63) is 65.7 Å². The molecule has 8 heteroatoms. The van der Waals surface area contributed by atoms with Crippen molar-refractivity contribution in [3.8, 4) is 11.5 Å². The molecule has 1 saturated heterocycles. The Hall–Kier alpha value is -3.81. The molecule has 1 atom stereocenters. The fourth-order valence-electron chi connectivity index (χ4n) is 3.37. The highest BCUT2D eigenvalue weighted by Gasteiger charge is 2.30. The minimum Gasteiger partial charge on any atom is -0.493 e. The summed E-state index contributed by atoms with van der Waals surface area (Å²) in [6.45, 7) is 1.06. The number of likely N-dealkylation sites (tertiary alicyclic amines) is 1. The van der Waals surface area contributed by atoms with E-state index in [1.165, 1.54) is 13.2 Å². The van der Waals surface area contributed by atoms with Gasteiger partial charge in [-0.15, -0.1) is 0 Å². The van der Waals surface area contributed by atoms with E-state index in [1.54, 1.807) is 53.4 Å². The maximum atomic E-state index is 12.9. The first-order valence-electron chi connectivity index (χ1n) is 10.3. The van der Waals surface area contributed by atoms with Gasteiger partial charge in [-0.2, -0.15) is 0 Å². The van der Waals surface area contributed by atoms with Gasteiger partial charge in [0.15, 0.2) is 18.1 Å². The number of rotatable bonds is 9. The van der Waals surface area contributed by atoms with E-state index in [-0.39, 0.29) is 12.5 Å². The van der Waals surface area contributed by atoms with E-state index in [9.17, 15) is 14.4 Å². The number of nitrogens with zero attached hydrogens (tertiary/aromatic N) is 1. The van der Waals surface area contributed by atoms with Crippen molar-refractivity contribution in [2.75, 3.05) is 26.8 Å². The lowest BCUT2D eigenvalue weighted by atomic mass is 10.1. The van der Waals surface area contributed by atoms with Crippen LogP contribution in [0.1, 0.15) is 30.1 Å². The van der Waals surface area contributed by atoms with Crippen LogP contribution in [0, 0.1) is 0 Å². The second-order valence-electron chi connectivity index (χ2n) is 7.26. The van der Waals surface area contributed by atoms with E-state index in [0.29, 0.717) is 35.7 Å². The van der Waals surface area contributed by atoms with Gasteiger partial charge in [0.1, 0.15) is 0 Å². The number of methoxy groups -OCH3 is 1. The van der Waals surface area contributed by atoms with Crippen molar-refractivity contribution in [1.82, 2.24) is 4.90 Å². The Balaban J connectivity index is 1.71. The summed E-state index contributed by atoms with van der Waals surface area (Å²) in [6, 6.07) is 13.9. The van der Waals surface area contributed by atoms with Crippen molar-refractivity contribution in [2.45, 2.75) is 18.9 Å². The number of esters is 1. The summed E-state index contributed by atoms with van der Waals surface area (Å²) in [5.74, 6) is -0.720. The quantitative estimate of drug-likeness (QED) is 0.476. The van der Waals surface area contributed by atoms with Gasteiger partial charge in [-0.3, -0.25) is 9.59 Å². The first kappa shape index (κ1) is 22.9. The van der Waals surface area contributed by atoms with Crippen LogP contribution in [0.2, 0.25) is 0 Å². The number of carbonyl (C=O) groups is 3. The smallest absolute Gasteiger partial charge is 0.331 e. The molecule has 2 N–H and O–H groups in total. The van der Waals surface area contributed by atoms with Crippen LogP contribution in [0.3, 0.4) is 0 Å². The molecule has 0 saturated carbocycles. The van der Waals surface area contributed by atoms with Crippen LogP contribution < -0.4 is 15.2 Å². The Kier molecular flexibility index (Phi) is 7.85. The lowest BCUT2D eigenvalue weighted by Gasteiger charge is -2.23. The van der Waals surface area contributed by atoms with Crippen LogP contribution in [0.5, 0.6) is 11.5 Å². The SMILES string of the molecule is COc1cc(/C=C/C(=O)OC(C(=O)N2CCCC2)c2ccccc2)ccc1OCC(N)=O. The van der Waals surface area contributed by atoms with Crippen molar-refractivity contribution in [2.24, 2.45) is 5.73 Å². The van der Waals surface area contributed by atoms with Crippen LogP contribution in [0.25, 0.3) is 6.08 Å². The van der Waals surface area contributed by atoms with Gasteiger partial charge in [-0.1, -0.05) is 36.4 Å². The zero-order chi connectivity index (χ0) is 22.9. The summed E-state index contributed by atoms with van der Waals surface area (Å²) >= 11 is 0. The predicted octanol–water partition coefficient (Wildman–Crippen LogP) is 2.48. The average Bonchev–Trinajstić information content (AvgIpc) is 3.35. The third-order valence-corrected chi connectivity index (χ3v) is 4.95. The first-order valence-corrected chi connectivity index (χ1v) is 10.3. The largest absolute Gasteiger partial charge is 0.493 e. The second kappa shape index (κ2) is 11.0. The summed E-state index contributed by atoms with van der Waals surface area (Å²) < 4.78 is 16.1. The Morgan fingerprint density at radius 3 is 2.44 bits per heavy atom. The second-order valence-corrected chi connectivity index (χ2v) is 7.26. The van der Waals surface area contributed by atoms with E-state index >= 15 is 0 Å². The minimum atomic E-state index is -0.995. The predicted molar refractivity (Wildman–Crippen MR) is 118 cm³/mol. The highest BCUT2D eigenvalue weighted by atomic mass is 16.5. The molecule has 1 fully saturated rings. The van der Waals surface area contributed by atoms with Crippen LogP contribution >= 0.6 is 0 Å². The number of amides is 2. The Labute approximate surface area is 186 Å². The van der Waals surface area contributed by atoms with Crippen molar-refractivity contribution >= 4 is 23.9 Å². The zero-order valence-electron chi connectivity index (χ0n) is 17.9. The highest BCUT2D eigenvalue weighted by molar-refractivity contribution is 5.91. The highest BCUT2D eigenvalue weighted by Crippen LogP contribution is 2.29. The molecule has 1 aliphatic heterocycles. The molecular formula is C24H26N2O6. The lowest BCUT2D eigenvalue weighted by Crippen LogP contribution is -2.34. The van der Waals surface area contributed by atoms with Gasteiger partial charge >= 0.3 is 5.97 Å². The molecule has 32 heavy (non-hydrogen) atoms. The lowest BCUT2D eigenvalue weighted by molar-refractivity contribution is -0.156. The Morgan fingerprint density at radius 1 is 1.06 bits per heavy atom. The Bertz CT molecular complexity index is 983. The summed E-state index contributed by atoms with van der Waals surface area (Å²) in [6.07, 6.45) is 3.70. The number of ether oxygens (including phenoxy) is 3. The van der Waals surface area contributed by atoms with E-state index < -0.39 is 18.0 Å². The monoisotopic (exact) mass is 438 g/mol. The third kappa shape index (κ3) is 6.10. The number of hydrogen-bond donors (Lipinski definition) is 1. The molecule has 3 rings (SSSR count). The minimum absolute atomic E-state index is 0.215. The number of carbonyl (C=O) groups excluding carboxylic acids is 3. The normalized spacial score (nSPS) is 14.2. The molecule has 0 spiro atoms. The molecule has 2 aromatic carbocycles. The molecule has 2 amide bonds. The van der Waals surface area contributed by atoms with Gasteiger partial charge in [-0.05, 0) is 36.6 Å². The molecule has 0 aromatic heterocycles. The number of hydrogen-bond acceptors (Lipinski definition) is 6. The van der Waals surface area contributed by atoms with Crippen LogP contribution in [-0.2, 0) is 19.1 Å². The van der Waals surface area contributed by atoms with Crippen LogP contribution in [0.15, 0.2) is 54.6 Å². The average molecular weight is 438 g/mol. The zero-order valence-corrected chi connectivity index (χ0v) is 17.9. The van der Waals surface area contributed by atoms with Gasteiger partial charge in [0.2, 0.25) is 6.10 Å². The van der Waals surface area contributed by atoms with E-state index in [1.807, 2.05) is 6.07 Å². The van der Waals surface area contributed by atoms with Gasteiger partial charge in [0, 0.05) is 24.7 Å². The maximum absolute atomic E-state index is 12.9. The first-order chi connectivity index (χ1) is 15.5. The number of primary amides is 1. The van der Waals surface area contributed by atoms with Gasteiger partial charge in [0.25, 0.3) is 11.8 Å². The molecule has 0 bridgehead atoms. The molecular weight excluding hydrogens is 412 g/mol. The van der Waals surface area contributed by atoms with Crippen molar-refractivity contribution < 1.29 is 28.6 Å². The topological polar surface area (TPSA) is 108 Å². The van der Waals surface area contributed by atoms with Crippen LogP contribution in [0.4, 0.5) is 0 Å². The van der Waals surface area contributed by atoms with E-state index in [2.05, 4.69) is 0 Å². The summed E-state index contributed by atoms with van der Waals surface area (Å²) in [4.78, 5) is 38.1. The molecule has 1 aliphatic rings. The molecule has 1 heterocycles. The standard InChI is InChI=1S/C24H26N2O6/c1-30-20-15-17(9-11-19(20)31-16-21(25)27)10-12-22(28)32-23(18-7-3-2-4-8-18)24(29)26-13-5-6-14-26/h2-4,7-12,15,23H,5-6,13-14,16H2,1H3,(H2,25,27)/b12-10+. The van der Waals surface area contributed by atoms with Gasteiger partial charge < -0.3 is 24.8 Å².